The van der Waals surface area contributed by atoms with E-state index in [2.05, 4.69) is 31.4 Å². The lowest BCUT2D eigenvalue weighted by molar-refractivity contribution is -0.145. The number of aromatic nitrogens is 2. The number of fused-ring (bicyclic) bond motifs is 3. The summed E-state index contributed by atoms with van der Waals surface area (Å²) in [5.74, 6) is 0.300. The van der Waals surface area contributed by atoms with Gasteiger partial charge in [-0.25, -0.2) is 9.78 Å². The SMILES string of the molecule is CCOC(=O)COc1ccc2c(c1)sc1nc(C(C)(C)C)cn12. The van der Waals surface area contributed by atoms with Crippen LogP contribution in [0.2, 0.25) is 0 Å². The Morgan fingerprint density at radius 2 is 2.13 bits per heavy atom. The summed E-state index contributed by atoms with van der Waals surface area (Å²) in [5.41, 5.74) is 2.20. The van der Waals surface area contributed by atoms with E-state index in [1.165, 1.54) is 0 Å². The first-order chi connectivity index (χ1) is 10.9. The van der Waals surface area contributed by atoms with Crippen molar-refractivity contribution in [1.29, 1.82) is 0 Å². The highest BCUT2D eigenvalue weighted by Gasteiger charge is 2.19. The zero-order chi connectivity index (χ0) is 16.6. The van der Waals surface area contributed by atoms with Gasteiger partial charge in [-0.05, 0) is 25.1 Å². The molecule has 0 amide bonds. The van der Waals surface area contributed by atoms with Crippen LogP contribution in [0.25, 0.3) is 15.2 Å². The minimum absolute atomic E-state index is 0.0285. The second-order valence-electron chi connectivity index (χ2n) is 6.35. The Balaban J connectivity index is 1.88. The van der Waals surface area contributed by atoms with Crippen molar-refractivity contribution in [2.75, 3.05) is 13.2 Å². The Labute approximate surface area is 138 Å². The van der Waals surface area contributed by atoms with E-state index in [4.69, 9.17) is 14.5 Å². The maximum Gasteiger partial charge on any atom is 0.344 e. The normalized spacial score (nSPS) is 12.0. The molecule has 0 aliphatic carbocycles. The van der Waals surface area contributed by atoms with Crippen molar-refractivity contribution in [2.24, 2.45) is 0 Å². The fourth-order valence-corrected chi connectivity index (χ4v) is 3.31. The largest absolute Gasteiger partial charge is 0.482 e. The van der Waals surface area contributed by atoms with Crippen LogP contribution in [-0.4, -0.2) is 28.6 Å². The molecule has 3 rings (SSSR count). The predicted octanol–water partition coefficient (Wildman–Crippen LogP) is 3.79. The van der Waals surface area contributed by atoms with Crippen LogP contribution >= 0.6 is 11.3 Å². The number of hydrogen-bond donors (Lipinski definition) is 0. The van der Waals surface area contributed by atoms with E-state index in [9.17, 15) is 4.79 Å². The van der Waals surface area contributed by atoms with E-state index < -0.39 is 0 Å². The molecule has 0 aliphatic heterocycles. The Morgan fingerprint density at radius 1 is 1.35 bits per heavy atom. The van der Waals surface area contributed by atoms with Gasteiger partial charge in [0.1, 0.15) is 5.75 Å². The van der Waals surface area contributed by atoms with Crippen LogP contribution in [0, 0.1) is 0 Å². The second kappa shape index (κ2) is 5.85. The minimum Gasteiger partial charge on any atom is -0.482 e. The molecule has 23 heavy (non-hydrogen) atoms. The van der Waals surface area contributed by atoms with Gasteiger partial charge in [0, 0.05) is 11.6 Å². The predicted molar refractivity (Wildman–Crippen MR) is 91.4 cm³/mol. The van der Waals surface area contributed by atoms with Gasteiger partial charge in [0.15, 0.2) is 11.6 Å². The maximum absolute atomic E-state index is 11.4. The summed E-state index contributed by atoms with van der Waals surface area (Å²) in [7, 11) is 0. The van der Waals surface area contributed by atoms with Gasteiger partial charge in [0.2, 0.25) is 0 Å². The van der Waals surface area contributed by atoms with Crippen LogP contribution in [0.15, 0.2) is 24.4 Å². The first-order valence-electron chi connectivity index (χ1n) is 7.59. The molecule has 1 aromatic carbocycles. The molecular weight excluding hydrogens is 312 g/mol. The molecule has 0 saturated heterocycles. The first-order valence-corrected chi connectivity index (χ1v) is 8.40. The third-order valence-electron chi connectivity index (χ3n) is 3.50. The molecule has 0 aliphatic rings. The molecular formula is C17H20N2O3S. The van der Waals surface area contributed by atoms with Crippen LogP contribution < -0.4 is 4.74 Å². The van der Waals surface area contributed by atoms with Crippen LogP contribution in [-0.2, 0) is 14.9 Å². The molecule has 0 radical (unpaired) electrons. The summed E-state index contributed by atoms with van der Waals surface area (Å²) < 4.78 is 13.5. The van der Waals surface area contributed by atoms with Crippen molar-refractivity contribution in [2.45, 2.75) is 33.1 Å². The summed E-state index contributed by atoms with van der Waals surface area (Å²) in [6.45, 7) is 8.53. The average molecular weight is 332 g/mol. The molecule has 0 fully saturated rings. The third-order valence-corrected chi connectivity index (χ3v) is 4.51. The molecule has 0 bridgehead atoms. The number of benzene rings is 1. The molecule has 5 nitrogen and oxygen atoms in total. The number of nitrogens with zero attached hydrogens (tertiary/aromatic N) is 2. The van der Waals surface area contributed by atoms with Gasteiger partial charge >= 0.3 is 5.97 Å². The number of rotatable bonds is 4. The van der Waals surface area contributed by atoms with E-state index in [0.717, 1.165) is 20.9 Å². The van der Waals surface area contributed by atoms with Crippen LogP contribution in [0.1, 0.15) is 33.4 Å². The number of carbonyl (C=O) groups is 1. The summed E-state index contributed by atoms with van der Waals surface area (Å²) in [4.78, 5) is 17.0. The standard InChI is InChI=1S/C17H20N2O3S/c1-5-21-15(20)10-22-11-6-7-12-13(8-11)23-16-18-14(9-19(12)16)17(2,3)4/h6-9H,5,10H2,1-4H3. The molecule has 0 unspecified atom stereocenters. The number of imidazole rings is 1. The Morgan fingerprint density at radius 3 is 2.83 bits per heavy atom. The van der Waals surface area contributed by atoms with Crippen LogP contribution in [0.4, 0.5) is 0 Å². The number of thiazole rings is 1. The first kappa shape index (κ1) is 15.8. The third kappa shape index (κ3) is 3.17. The maximum atomic E-state index is 11.4. The van der Waals surface area contributed by atoms with E-state index in [0.29, 0.717) is 12.4 Å². The number of esters is 1. The highest BCUT2D eigenvalue weighted by molar-refractivity contribution is 7.23. The van der Waals surface area contributed by atoms with Crippen molar-refractivity contribution in [1.82, 2.24) is 9.38 Å². The van der Waals surface area contributed by atoms with Crippen molar-refractivity contribution in [3.05, 3.63) is 30.1 Å². The van der Waals surface area contributed by atoms with Gasteiger partial charge in [0.25, 0.3) is 0 Å². The minimum atomic E-state index is -0.358. The van der Waals surface area contributed by atoms with Crippen molar-refractivity contribution >= 4 is 32.5 Å². The molecule has 2 aromatic heterocycles. The van der Waals surface area contributed by atoms with Crippen molar-refractivity contribution < 1.29 is 14.3 Å². The molecule has 3 aromatic rings. The molecule has 122 valence electrons. The van der Waals surface area contributed by atoms with Gasteiger partial charge in [0.05, 0.1) is 22.5 Å². The van der Waals surface area contributed by atoms with Gasteiger partial charge in [-0.15, -0.1) is 0 Å². The molecule has 0 saturated carbocycles. The van der Waals surface area contributed by atoms with Gasteiger partial charge < -0.3 is 9.47 Å². The van der Waals surface area contributed by atoms with Crippen LogP contribution in [0.5, 0.6) is 5.75 Å². The number of ether oxygens (including phenoxy) is 2. The average Bonchev–Trinajstić information content (AvgIpc) is 3.02. The molecule has 0 spiro atoms. The van der Waals surface area contributed by atoms with Crippen molar-refractivity contribution in [3.8, 4) is 5.75 Å². The smallest absolute Gasteiger partial charge is 0.344 e. The Hall–Kier alpha value is -2.08. The monoisotopic (exact) mass is 332 g/mol. The molecule has 0 atom stereocenters. The zero-order valence-corrected chi connectivity index (χ0v) is 14.6. The highest BCUT2D eigenvalue weighted by Crippen LogP contribution is 2.32. The number of hydrogen-bond acceptors (Lipinski definition) is 5. The summed E-state index contributed by atoms with van der Waals surface area (Å²) in [6.07, 6.45) is 2.09. The summed E-state index contributed by atoms with van der Waals surface area (Å²) in [6, 6.07) is 5.79. The van der Waals surface area contributed by atoms with E-state index in [-0.39, 0.29) is 18.0 Å². The van der Waals surface area contributed by atoms with E-state index in [1.807, 2.05) is 18.2 Å². The van der Waals surface area contributed by atoms with Gasteiger partial charge in [-0.2, -0.15) is 0 Å². The molecule has 6 heteroatoms. The number of carbonyl (C=O) groups excluding carboxylic acids is 1. The topological polar surface area (TPSA) is 52.8 Å². The van der Waals surface area contributed by atoms with Crippen molar-refractivity contribution in [3.63, 3.8) is 0 Å². The summed E-state index contributed by atoms with van der Waals surface area (Å²) in [5, 5.41) is 0. The van der Waals surface area contributed by atoms with Gasteiger partial charge in [-0.3, -0.25) is 4.40 Å². The van der Waals surface area contributed by atoms with E-state index >= 15 is 0 Å². The lowest BCUT2D eigenvalue weighted by atomic mass is 9.93. The lowest BCUT2D eigenvalue weighted by Gasteiger charge is -2.13. The Kier molecular flexibility index (Phi) is 4.02. The van der Waals surface area contributed by atoms with E-state index in [1.54, 1.807) is 18.3 Å². The fraction of sp³-hybridized carbons (Fsp3) is 0.412. The van der Waals surface area contributed by atoms with Crippen LogP contribution in [0.3, 0.4) is 0 Å². The Bertz CT molecular complexity index is 858. The second-order valence-corrected chi connectivity index (χ2v) is 7.36. The quantitative estimate of drug-likeness (QED) is 0.682. The molecule has 2 heterocycles. The lowest BCUT2D eigenvalue weighted by Crippen LogP contribution is -2.14. The zero-order valence-electron chi connectivity index (χ0n) is 13.8. The van der Waals surface area contributed by atoms with Gasteiger partial charge in [-0.1, -0.05) is 32.1 Å². The highest BCUT2D eigenvalue weighted by atomic mass is 32.1. The fourth-order valence-electron chi connectivity index (χ4n) is 2.28. The molecule has 0 N–H and O–H groups in total. The summed E-state index contributed by atoms with van der Waals surface area (Å²) >= 11 is 1.61.